The fourth-order valence-electron chi connectivity index (χ4n) is 1.38. The zero-order chi connectivity index (χ0) is 10.8. The van der Waals surface area contributed by atoms with Crippen molar-refractivity contribution < 1.29 is 0 Å². The number of nitrogens with zero attached hydrogens (tertiary/aromatic N) is 3. The van der Waals surface area contributed by atoms with Gasteiger partial charge in [-0.05, 0) is 47.2 Å². The number of benzene rings is 1. The molecule has 1 aromatic heterocycles. The summed E-state index contributed by atoms with van der Waals surface area (Å²) in [5, 5.41) is 7.90. The van der Waals surface area contributed by atoms with E-state index in [1.54, 1.807) is 10.9 Å². The number of halogens is 2. The van der Waals surface area contributed by atoms with E-state index in [1.165, 1.54) is 9.13 Å². The second-order valence-electron chi connectivity index (χ2n) is 3.15. The van der Waals surface area contributed by atoms with Gasteiger partial charge in [0, 0.05) is 3.57 Å². The lowest BCUT2D eigenvalue weighted by Crippen LogP contribution is -2.03. The van der Waals surface area contributed by atoms with E-state index < -0.39 is 0 Å². The van der Waals surface area contributed by atoms with Gasteiger partial charge in [0.2, 0.25) is 0 Å². The van der Waals surface area contributed by atoms with Crippen molar-refractivity contribution in [1.82, 2.24) is 15.0 Å². The molecule has 0 unspecified atom stereocenters. The topological polar surface area (TPSA) is 30.7 Å². The monoisotopic (exact) mass is 333 g/mol. The van der Waals surface area contributed by atoms with Crippen molar-refractivity contribution in [3.63, 3.8) is 0 Å². The summed E-state index contributed by atoms with van der Waals surface area (Å²) in [4.78, 5) is 0. The highest BCUT2D eigenvalue weighted by molar-refractivity contribution is 14.1. The molecule has 0 aliphatic carbocycles. The fraction of sp³-hybridized carbons (Fsp3) is 0.200. The summed E-state index contributed by atoms with van der Waals surface area (Å²) in [6.45, 7) is 2.07. The van der Waals surface area contributed by atoms with Gasteiger partial charge in [0.1, 0.15) is 0 Å². The molecule has 78 valence electrons. The normalized spacial score (nSPS) is 10.6. The summed E-state index contributed by atoms with van der Waals surface area (Å²) in [6, 6.07) is 6.09. The van der Waals surface area contributed by atoms with Crippen LogP contribution in [0.3, 0.4) is 0 Å². The molecule has 0 radical (unpaired) electrons. The van der Waals surface area contributed by atoms with Crippen molar-refractivity contribution in [2.24, 2.45) is 0 Å². The molecule has 0 atom stereocenters. The van der Waals surface area contributed by atoms with Gasteiger partial charge in [0.25, 0.3) is 0 Å². The SMILES string of the molecule is Cc1c(I)cccc1-n1nncc1CCl. The standard InChI is InChI=1S/C10H9ClIN3/c1-7-9(12)3-2-4-10(7)15-8(5-11)6-13-14-15/h2-4,6H,5H2,1H3. The van der Waals surface area contributed by atoms with Crippen LogP contribution in [0.15, 0.2) is 24.4 Å². The minimum Gasteiger partial charge on any atom is -0.216 e. The lowest BCUT2D eigenvalue weighted by Gasteiger charge is -2.08. The van der Waals surface area contributed by atoms with E-state index in [0.717, 1.165) is 11.4 Å². The molecule has 0 spiro atoms. The van der Waals surface area contributed by atoms with Crippen LogP contribution < -0.4 is 0 Å². The molecule has 0 saturated heterocycles. The lowest BCUT2D eigenvalue weighted by molar-refractivity contribution is 0.776. The van der Waals surface area contributed by atoms with Crippen molar-refractivity contribution in [2.45, 2.75) is 12.8 Å². The van der Waals surface area contributed by atoms with E-state index in [-0.39, 0.29) is 0 Å². The molecule has 0 aliphatic heterocycles. The lowest BCUT2D eigenvalue weighted by atomic mass is 10.2. The van der Waals surface area contributed by atoms with Gasteiger partial charge in [-0.15, -0.1) is 16.7 Å². The highest BCUT2D eigenvalue weighted by Gasteiger charge is 2.08. The number of hydrogen-bond donors (Lipinski definition) is 0. The van der Waals surface area contributed by atoms with Gasteiger partial charge in [-0.25, -0.2) is 4.68 Å². The number of alkyl halides is 1. The molecule has 2 rings (SSSR count). The summed E-state index contributed by atoms with van der Waals surface area (Å²) in [6.07, 6.45) is 1.69. The van der Waals surface area contributed by atoms with E-state index in [4.69, 9.17) is 11.6 Å². The minimum absolute atomic E-state index is 0.415. The predicted molar refractivity (Wildman–Crippen MR) is 68.4 cm³/mol. The van der Waals surface area contributed by atoms with E-state index in [1.807, 2.05) is 12.1 Å². The van der Waals surface area contributed by atoms with Crippen LogP contribution in [0.2, 0.25) is 0 Å². The van der Waals surface area contributed by atoms with Gasteiger partial charge in [-0.2, -0.15) is 0 Å². The summed E-state index contributed by atoms with van der Waals surface area (Å²) in [5.74, 6) is 0.415. The fourth-order valence-corrected chi connectivity index (χ4v) is 2.04. The van der Waals surface area contributed by atoms with Crippen LogP contribution in [0.4, 0.5) is 0 Å². The summed E-state index contributed by atoms with van der Waals surface area (Å²) in [5.41, 5.74) is 3.13. The van der Waals surface area contributed by atoms with Gasteiger partial charge in [0.05, 0.1) is 23.5 Å². The Hall–Kier alpha value is -0.620. The molecule has 0 aliphatic rings. The van der Waals surface area contributed by atoms with Gasteiger partial charge in [0.15, 0.2) is 0 Å². The van der Waals surface area contributed by atoms with Crippen molar-refractivity contribution in [1.29, 1.82) is 0 Å². The molecule has 15 heavy (non-hydrogen) atoms. The van der Waals surface area contributed by atoms with Crippen LogP contribution in [-0.4, -0.2) is 15.0 Å². The Morgan fingerprint density at radius 2 is 2.27 bits per heavy atom. The van der Waals surface area contributed by atoms with Crippen LogP contribution in [-0.2, 0) is 5.88 Å². The van der Waals surface area contributed by atoms with Gasteiger partial charge in [-0.3, -0.25) is 0 Å². The third-order valence-electron chi connectivity index (χ3n) is 2.22. The maximum atomic E-state index is 5.81. The van der Waals surface area contributed by atoms with Gasteiger partial charge < -0.3 is 0 Å². The number of hydrogen-bond acceptors (Lipinski definition) is 2. The molecule has 1 aromatic carbocycles. The largest absolute Gasteiger partial charge is 0.216 e. The number of rotatable bonds is 2. The Balaban J connectivity index is 2.59. The van der Waals surface area contributed by atoms with Gasteiger partial charge in [-0.1, -0.05) is 11.3 Å². The first kappa shape index (κ1) is 10.9. The summed E-state index contributed by atoms with van der Waals surface area (Å²) < 4.78 is 2.99. The molecule has 3 nitrogen and oxygen atoms in total. The quantitative estimate of drug-likeness (QED) is 0.625. The molecule has 1 heterocycles. The molecule has 0 saturated carbocycles. The number of aromatic nitrogens is 3. The third kappa shape index (κ3) is 2.01. The van der Waals surface area contributed by atoms with Crippen molar-refractivity contribution in [3.05, 3.63) is 39.2 Å². The zero-order valence-electron chi connectivity index (χ0n) is 8.11. The van der Waals surface area contributed by atoms with Crippen molar-refractivity contribution in [3.8, 4) is 5.69 Å². The molecule has 5 heteroatoms. The predicted octanol–water partition coefficient (Wildman–Crippen LogP) is 2.92. The van der Waals surface area contributed by atoms with Crippen LogP contribution in [0.25, 0.3) is 5.69 Å². The minimum atomic E-state index is 0.415. The highest BCUT2D eigenvalue weighted by Crippen LogP contribution is 2.20. The summed E-state index contributed by atoms with van der Waals surface area (Å²) >= 11 is 8.12. The van der Waals surface area contributed by atoms with E-state index in [9.17, 15) is 0 Å². The molecular formula is C10H9ClIN3. The van der Waals surface area contributed by atoms with Gasteiger partial charge >= 0.3 is 0 Å². The van der Waals surface area contributed by atoms with Crippen molar-refractivity contribution in [2.75, 3.05) is 0 Å². The third-order valence-corrected chi connectivity index (χ3v) is 3.67. The first-order valence-corrected chi connectivity index (χ1v) is 6.06. The molecule has 2 aromatic rings. The van der Waals surface area contributed by atoms with E-state index in [0.29, 0.717) is 5.88 Å². The smallest absolute Gasteiger partial charge is 0.0793 e. The Morgan fingerprint density at radius 3 is 3.00 bits per heavy atom. The molecule has 0 N–H and O–H groups in total. The maximum absolute atomic E-state index is 5.81. The molecule has 0 fully saturated rings. The molecular weight excluding hydrogens is 324 g/mol. The Labute approximate surface area is 107 Å². The van der Waals surface area contributed by atoms with Crippen LogP contribution in [0.5, 0.6) is 0 Å². The highest BCUT2D eigenvalue weighted by atomic mass is 127. The maximum Gasteiger partial charge on any atom is 0.0793 e. The van der Waals surface area contributed by atoms with Crippen molar-refractivity contribution >= 4 is 34.2 Å². The molecule has 0 bridgehead atoms. The Bertz CT molecular complexity index is 481. The average Bonchev–Trinajstić information content (AvgIpc) is 2.70. The van der Waals surface area contributed by atoms with E-state index in [2.05, 4.69) is 45.9 Å². The second-order valence-corrected chi connectivity index (χ2v) is 4.58. The first-order valence-electron chi connectivity index (χ1n) is 4.45. The van der Waals surface area contributed by atoms with Crippen LogP contribution in [0, 0.1) is 10.5 Å². The summed E-state index contributed by atoms with van der Waals surface area (Å²) in [7, 11) is 0. The van der Waals surface area contributed by atoms with Crippen LogP contribution in [0.1, 0.15) is 11.3 Å². The second kappa shape index (κ2) is 4.49. The van der Waals surface area contributed by atoms with E-state index >= 15 is 0 Å². The average molecular weight is 334 g/mol. The van der Waals surface area contributed by atoms with Crippen LogP contribution >= 0.6 is 34.2 Å². The first-order chi connectivity index (χ1) is 7.24. The zero-order valence-corrected chi connectivity index (χ0v) is 11.0. The molecule has 0 amide bonds. The Morgan fingerprint density at radius 1 is 1.47 bits per heavy atom. The Kier molecular flexibility index (Phi) is 3.25.